The second kappa shape index (κ2) is 4.63. The lowest BCUT2D eigenvalue weighted by Crippen LogP contribution is -2.62. The Morgan fingerprint density at radius 3 is 2.95 bits per heavy atom. The lowest BCUT2D eigenvalue weighted by atomic mass is 9.76. The van der Waals surface area contributed by atoms with Gasteiger partial charge in [0.05, 0.1) is 11.2 Å². The highest BCUT2D eigenvalue weighted by Crippen LogP contribution is 2.33. The zero-order valence-electron chi connectivity index (χ0n) is 11.2. The van der Waals surface area contributed by atoms with E-state index in [9.17, 15) is 4.79 Å². The van der Waals surface area contributed by atoms with E-state index in [0.29, 0.717) is 11.4 Å². The number of aromatic nitrogens is 1. The van der Waals surface area contributed by atoms with Crippen molar-refractivity contribution in [2.24, 2.45) is 11.5 Å². The Labute approximate surface area is 117 Å². The van der Waals surface area contributed by atoms with Gasteiger partial charge in [-0.1, -0.05) is 12.8 Å². The first-order valence-corrected chi connectivity index (χ1v) is 7.59. The summed E-state index contributed by atoms with van der Waals surface area (Å²) in [6.45, 7) is 1.70. The van der Waals surface area contributed by atoms with E-state index in [-0.39, 0.29) is 11.8 Å². The Morgan fingerprint density at radius 2 is 2.26 bits per heavy atom. The first kappa shape index (κ1) is 13.2. The molecule has 19 heavy (non-hydrogen) atoms. The largest absolute Gasteiger partial charge is 0.326 e. The van der Waals surface area contributed by atoms with Gasteiger partial charge in [0, 0.05) is 24.0 Å². The van der Waals surface area contributed by atoms with Crippen LogP contribution in [-0.2, 0) is 13.1 Å². The molecule has 5 nitrogen and oxygen atoms in total. The smallest absolute Gasteiger partial charge is 0.212 e. The molecule has 0 spiro atoms. The van der Waals surface area contributed by atoms with E-state index in [1.807, 2.05) is 0 Å². The molecule has 1 saturated carbocycles. The van der Waals surface area contributed by atoms with Crippen LogP contribution in [0, 0.1) is 0 Å². The molecule has 4 N–H and O–H groups in total. The SMILES string of the molecule is CN1Cc2nc(C(=O)C3(N)CCCCC3N)sc2C1. The average Bonchev–Trinajstić information content (AvgIpc) is 2.89. The standard InChI is InChI=1S/C13H20N4OS/c1-17-6-8-9(7-17)19-12(16-8)11(18)13(15)5-3-2-4-10(13)14/h10H,2-7,14-15H2,1H3. The van der Waals surface area contributed by atoms with Crippen LogP contribution in [0.3, 0.4) is 0 Å². The predicted octanol–water partition coefficient (Wildman–Crippen LogP) is 0.870. The van der Waals surface area contributed by atoms with E-state index in [1.165, 1.54) is 16.2 Å². The molecule has 2 atom stereocenters. The summed E-state index contributed by atoms with van der Waals surface area (Å²) < 4.78 is 0. The van der Waals surface area contributed by atoms with Crippen LogP contribution in [-0.4, -0.2) is 34.3 Å². The van der Waals surface area contributed by atoms with Crippen molar-refractivity contribution >= 4 is 17.1 Å². The van der Waals surface area contributed by atoms with Crippen molar-refractivity contribution in [1.82, 2.24) is 9.88 Å². The number of Topliss-reactive ketones (excluding diaryl/α,β-unsaturated/α-hetero) is 1. The lowest BCUT2D eigenvalue weighted by molar-refractivity contribution is 0.0822. The summed E-state index contributed by atoms with van der Waals surface area (Å²) in [6, 6.07) is -0.241. The molecule has 0 bridgehead atoms. The summed E-state index contributed by atoms with van der Waals surface area (Å²) in [4.78, 5) is 20.5. The van der Waals surface area contributed by atoms with Crippen molar-refractivity contribution in [3.05, 3.63) is 15.6 Å². The lowest BCUT2D eigenvalue weighted by Gasteiger charge is -2.37. The minimum absolute atomic E-state index is 0.0539. The highest BCUT2D eigenvalue weighted by Gasteiger charge is 2.43. The van der Waals surface area contributed by atoms with Gasteiger partial charge in [0.15, 0.2) is 5.01 Å². The van der Waals surface area contributed by atoms with Crippen molar-refractivity contribution in [2.75, 3.05) is 7.05 Å². The summed E-state index contributed by atoms with van der Waals surface area (Å²) >= 11 is 1.49. The fourth-order valence-electron chi connectivity index (χ4n) is 2.99. The number of thiazole rings is 1. The van der Waals surface area contributed by atoms with E-state index in [0.717, 1.165) is 38.0 Å². The van der Waals surface area contributed by atoms with Crippen LogP contribution >= 0.6 is 11.3 Å². The molecule has 3 rings (SSSR count). The summed E-state index contributed by atoms with van der Waals surface area (Å²) in [5, 5.41) is 0.554. The van der Waals surface area contributed by atoms with Crippen molar-refractivity contribution in [2.45, 2.75) is 50.4 Å². The van der Waals surface area contributed by atoms with E-state index in [2.05, 4.69) is 16.9 Å². The van der Waals surface area contributed by atoms with Gasteiger partial charge in [-0.05, 0) is 19.9 Å². The third-order valence-corrected chi connectivity index (χ3v) is 5.33. The Bertz CT molecular complexity index is 491. The van der Waals surface area contributed by atoms with Crippen LogP contribution in [0.25, 0.3) is 0 Å². The molecule has 1 aromatic heterocycles. The number of ketones is 1. The number of hydrogen-bond acceptors (Lipinski definition) is 6. The highest BCUT2D eigenvalue weighted by molar-refractivity contribution is 7.13. The minimum atomic E-state index is -0.907. The molecule has 2 heterocycles. The maximum absolute atomic E-state index is 12.6. The van der Waals surface area contributed by atoms with E-state index >= 15 is 0 Å². The molecule has 1 aliphatic heterocycles. The fourth-order valence-corrected chi connectivity index (χ4v) is 4.17. The third kappa shape index (κ3) is 2.12. The first-order valence-electron chi connectivity index (χ1n) is 6.77. The van der Waals surface area contributed by atoms with E-state index in [1.54, 1.807) is 0 Å². The molecule has 0 saturated heterocycles. The molecule has 1 aliphatic carbocycles. The van der Waals surface area contributed by atoms with E-state index in [4.69, 9.17) is 11.5 Å². The number of carbonyl (C=O) groups is 1. The van der Waals surface area contributed by atoms with Crippen molar-refractivity contribution in [3.63, 3.8) is 0 Å². The monoisotopic (exact) mass is 280 g/mol. The Morgan fingerprint density at radius 1 is 1.47 bits per heavy atom. The summed E-state index contributed by atoms with van der Waals surface area (Å²) in [6.07, 6.45) is 3.55. The minimum Gasteiger partial charge on any atom is -0.326 e. The maximum atomic E-state index is 12.6. The summed E-state index contributed by atoms with van der Waals surface area (Å²) in [7, 11) is 2.05. The molecular formula is C13H20N4OS. The van der Waals surface area contributed by atoms with Crippen LogP contribution in [0.15, 0.2) is 0 Å². The van der Waals surface area contributed by atoms with Crippen LogP contribution in [0.5, 0.6) is 0 Å². The molecule has 0 aromatic carbocycles. The van der Waals surface area contributed by atoms with Gasteiger partial charge in [0.2, 0.25) is 5.78 Å². The molecule has 1 aromatic rings. The molecule has 2 unspecified atom stereocenters. The Balaban J connectivity index is 1.86. The Hall–Kier alpha value is -0.820. The van der Waals surface area contributed by atoms with Crippen molar-refractivity contribution in [1.29, 1.82) is 0 Å². The quantitative estimate of drug-likeness (QED) is 0.785. The van der Waals surface area contributed by atoms with Gasteiger partial charge in [-0.3, -0.25) is 9.69 Å². The predicted molar refractivity (Wildman–Crippen MR) is 75.0 cm³/mol. The first-order chi connectivity index (χ1) is 9.00. The van der Waals surface area contributed by atoms with Crippen LogP contribution < -0.4 is 11.5 Å². The molecule has 2 aliphatic rings. The zero-order chi connectivity index (χ0) is 13.6. The number of fused-ring (bicyclic) bond motifs is 1. The summed E-state index contributed by atoms with van der Waals surface area (Å²) in [5.41, 5.74) is 12.5. The number of nitrogens with zero attached hydrogens (tertiary/aromatic N) is 2. The van der Waals surface area contributed by atoms with Gasteiger partial charge in [0.1, 0.15) is 0 Å². The van der Waals surface area contributed by atoms with Crippen molar-refractivity contribution < 1.29 is 4.79 Å². The van der Waals surface area contributed by atoms with Crippen LogP contribution in [0.1, 0.15) is 46.1 Å². The van der Waals surface area contributed by atoms with Gasteiger partial charge in [-0.15, -0.1) is 11.3 Å². The molecule has 0 radical (unpaired) electrons. The van der Waals surface area contributed by atoms with Gasteiger partial charge < -0.3 is 11.5 Å². The van der Waals surface area contributed by atoms with Gasteiger partial charge in [-0.2, -0.15) is 0 Å². The Kier molecular flexibility index (Phi) is 3.21. The highest BCUT2D eigenvalue weighted by atomic mass is 32.1. The normalized spacial score (nSPS) is 31.4. The number of rotatable bonds is 2. The van der Waals surface area contributed by atoms with Gasteiger partial charge in [0.25, 0.3) is 0 Å². The molecule has 0 amide bonds. The topological polar surface area (TPSA) is 85.2 Å². The number of carbonyl (C=O) groups excluding carboxylic acids is 1. The van der Waals surface area contributed by atoms with Crippen molar-refractivity contribution in [3.8, 4) is 0 Å². The maximum Gasteiger partial charge on any atom is 0.212 e. The third-order valence-electron chi connectivity index (χ3n) is 4.25. The second-order valence-electron chi connectivity index (χ2n) is 5.78. The van der Waals surface area contributed by atoms with Gasteiger partial charge in [-0.25, -0.2) is 4.98 Å². The molecule has 104 valence electrons. The fraction of sp³-hybridized carbons (Fsp3) is 0.692. The molecule has 1 fully saturated rings. The van der Waals surface area contributed by atoms with Crippen LogP contribution in [0.2, 0.25) is 0 Å². The van der Waals surface area contributed by atoms with Crippen LogP contribution in [0.4, 0.5) is 0 Å². The summed E-state index contributed by atoms with van der Waals surface area (Å²) in [5.74, 6) is -0.0539. The van der Waals surface area contributed by atoms with E-state index < -0.39 is 5.54 Å². The number of nitrogens with two attached hydrogens (primary N) is 2. The van der Waals surface area contributed by atoms with Gasteiger partial charge >= 0.3 is 0 Å². The average molecular weight is 280 g/mol. The molecule has 6 heteroatoms. The second-order valence-corrected chi connectivity index (χ2v) is 6.87. The molecular weight excluding hydrogens is 260 g/mol. The zero-order valence-corrected chi connectivity index (χ0v) is 12.0. The number of hydrogen-bond donors (Lipinski definition) is 2.